The van der Waals surface area contributed by atoms with Crippen molar-refractivity contribution in [1.82, 2.24) is 0 Å². The lowest BCUT2D eigenvalue weighted by Crippen LogP contribution is -2.07. The van der Waals surface area contributed by atoms with E-state index < -0.39 is 0 Å². The van der Waals surface area contributed by atoms with Crippen LogP contribution in [0.25, 0.3) is 0 Å². The highest BCUT2D eigenvalue weighted by atomic mass is 19.1. The van der Waals surface area contributed by atoms with Gasteiger partial charge in [-0.25, -0.2) is 4.39 Å². The van der Waals surface area contributed by atoms with Gasteiger partial charge in [0.25, 0.3) is 0 Å². The van der Waals surface area contributed by atoms with Crippen molar-refractivity contribution in [3.05, 3.63) is 59.4 Å². The third-order valence-corrected chi connectivity index (χ3v) is 3.64. The predicted molar refractivity (Wildman–Crippen MR) is 85.5 cm³/mol. The second kappa shape index (κ2) is 6.61. The molecule has 0 bridgehead atoms. The van der Waals surface area contributed by atoms with E-state index in [-0.39, 0.29) is 17.6 Å². The number of nitrogens with one attached hydrogen (secondary N) is 1. The Morgan fingerprint density at radius 1 is 0.952 bits per heavy atom. The van der Waals surface area contributed by atoms with Crippen molar-refractivity contribution in [1.29, 1.82) is 0 Å². The zero-order valence-corrected chi connectivity index (χ0v) is 13.0. The first-order valence-corrected chi connectivity index (χ1v) is 7.21. The summed E-state index contributed by atoms with van der Waals surface area (Å²) < 4.78 is 18.6. The van der Waals surface area contributed by atoms with E-state index in [0.717, 1.165) is 5.69 Å². The predicted octanol–water partition coefficient (Wildman–Crippen LogP) is 5.13. The SMILES string of the molecule is COc1ccc(NC(C)c2ccc(C(C)C)cc2)cc1F. The van der Waals surface area contributed by atoms with Crippen LogP contribution >= 0.6 is 0 Å². The number of hydrogen-bond donors (Lipinski definition) is 1. The normalized spacial score (nSPS) is 12.3. The maximum Gasteiger partial charge on any atom is 0.167 e. The summed E-state index contributed by atoms with van der Waals surface area (Å²) in [5, 5.41) is 3.30. The molecule has 2 rings (SSSR count). The third-order valence-electron chi connectivity index (χ3n) is 3.64. The van der Waals surface area contributed by atoms with Gasteiger partial charge in [0.05, 0.1) is 7.11 Å². The molecule has 2 nitrogen and oxygen atoms in total. The lowest BCUT2D eigenvalue weighted by Gasteiger charge is -2.17. The highest BCUT2D eigenvalue weighted by molar-refractivity contribution is 5.49. The van der Waals surface area contributed by atoms with Crippen LogP contribution in [0.1, 0.15) is 43.9 Å². The molecular formula is C18H22FNO. The minimum atomic E-state index is -0.357. The summed E-state index contributed by atoms with van der Waals surface area (Å²) in [7, 11) is 1.46. The summed E-state index contributed by atoms with van der Waals surface area (Å²) in [4.78, 5) is 0. The Bertz CT molecular complexity index is 593. The van der Waals surface area contributed by atoms with Crippen molar-refractivity contribution in [3.63, 3.8) is 0 Å². The van der Waals surface area contributed by atoms with Gasteiger partial charge in [0, 0.05) is 17.8 Å². The van der Waals surface area contributed by atoms with Crippen LogP contribution in [0.3, 0.4) is 0 Å². The molecule has 2 aromatic rings. The summed E-state index contributed by atoms with van der Waals surface area (Å²) in [6.45, 7) is 6.42. The molecule has 21 heavy (non-hydrogen) atoms. The standard InChI is InChI=1S/C18H22FNO/c1-12(2)14-5-7-15(8-6-14)13(3)20-16-9-10-18(21-4)17(19)11-16/h5-13,20H,1-4H3. The molecular weight excluding hydrogens is 265 g/mol. The molecule has 0 fully saturated rings. The quantitative estimate of drug-likeness (QED) is 0.823. The molecule has 1 N–H and O–H groups in total. The van der Waals surface area contributed by atoms with Gasteiger partial charge in [-0.05, 0) is 36.1 Å². The fourth-order valence-electron chi connectivity index (χ4n) is 2.26. The molecule has 0 aliphatic carbocycles. The first kappa shape index (κ1) is 15.4. The zero-order valence-electron chi connectivity index (χ0n) is 13.0. The smallest absolute Gasteiger partial charge is 0.167 e. The molecule has 1 atom stereocenters. The molecule has 0 aliphatic heterocycles. The van der Waals surface area contributed by atoms with E-state index in [0.29, 0.717) is 5.92 Å². The first-order chi connectivity index (χ1) is 10.0. The van der Waals surface area contributed by atoms with Crippen LogP contribution in [0.4, 0.5) is 10.1 Å². The van der Waals surface area contributed by atoms with E-state index in [1.807, 2.05) is 6.07 Å². The Labute approximate surface area is 126 Å². The Balaban J connectivity index is 2.10. The zero-order chi connectivity index (χ0) is 15.4. The fourth-order valence-corrected chi connectivity index (χ4v) is 2.26. The second-order valence-corrected chi connectivity index (χ2v) is 5.54. The van der Waals surface area contributed by atoms with Gasteiger partial charge in [0.15, 0.2) is 11.6 Å². The van der Waals surface area contributed by atoms with Crippen molar-refractivity contribution in [2.75, 3.05) is 12.4 Å². The van der Waals surface area contributed by atoms with Crippen LogP contribution in [-0.2, 0) is 0 Å². The van der Waals surface area contributed by atoms with Crippen LogP contribution in [0.5, 0.6) is 5.75 Å². The lowest BCUT2D eigenvalue weighted by atomic mass is 9.99. The molecule has 0 radical (unpaired) electrons. The van der Waals surface area contributed by atoms with Crippen molar-refractivity contribution in [2.24, 2.45) is 0 Å². The average molecular weight is 287 g/mol. The maximum atomic E-state index is 13.7. The Kier molecular flexibility index (Phi) is 4.84. The second-order valence-electron chi connectivity index (χ2n) is 5.54. The molecule has 1 unspecified atom stereocenters. The fraction of sp³-hybridized carbons (Fsp3) is 0.333. The number of halogens is 1. The minimum absolute atomic E-state index is 0.110. The summed E-state index contributed by atoms with van der Waals surface area (Å²) in [6, 6.07) is 13.5. The number of methoxy groups -OCH3 is 1. The number of ether oxygens (including phenoxy) is 1. The monoisotopic (exact) mass is 287 g/mol. The van der Waals surface area contributed by atoms with Gasteiger partial charge in [-0.1, -0.05) is 38.1 Å². The molecule has 112 valence electrons. The van der Waals surface area contributed by atoms with E-state index in [1.54, 1.807) is 6.07 Å². The highest BCUT2D eigenvalue weighted by Crippen LogP contribution is 2.25. The summed E-state index contributed by atoms with van der Waals surface area (Å²) in [6.07, 6.45) is 0. The lowest BCUT2D eigenvalue weighted by molar-refractivity contribution is 0.386. The maximum absolute atomic E-state index is 13.7. The van der Waals surface area contributed by atoms with Gasteiger partial charge in [-0.15, -0.1) is 0 Å². The molecule has 0 aliphatic rings. The van der Waals surface area contributed by atoms with Crippen LogP contribution in [-0.4, -0.2) is 7.11 Å². The van der Waals surface area contributed by atoms with Gasteiger partial charge < -0.3 is 10.1 Å². The Morgan fingerprint density at radius 3 is 2.10 bits per heavy atom. The molecule has 0 spiro atoms. The molecule has 2 aromatic carbocycles. The van der Waals surface area contributed by atoms with Crippen LogP contribution in [0.2, 0.25) is 0 Å². The van der Waals surface area contributed by atoms with Crippen molar-refractivity contribution >= 4 is 5.69 Å². The number of anilines is 1. The van der Waals surface area contributed by atoms with Gasteiger partial charge in [0.2, 0.25) is 0 Å². The third kappa shape index (κ3) is 3.75. The largest absolute Gasteiger partial charge is 0.494 e. The molecule has 0 aromatic heterocycles. The van der Waals surface area contributed by atoms with Gasteiger partial charge >= 0.3 is 0 Å². The molecule has 0 saturated carbocycles. The van der Waals surface area contributed by atoms with Crippen molar-refractivity contribution < 1.29 is 9.13 Å². The molecule has 0 heterocycles. The van der Waals surface area contributed by atoms with E-state index in [2.05, 4.69) is 50.4 Å². The molecule has 3 heteroatoms. The van der Waals surface area contributed by atoms with Gasteiger partial charge in [-0.3, -0.25) is 0 Å². The minimum Gasteiger partial charge on any atom is -0.494 e. The number of benzene rings is 2. The molecule has 0 saturated heterocycles. The van der Waals surface area contributed by atoms with Gasteiger partial charge in [0.1, 0.15) is 0 Å². The number of rotatable bonds is 5. The van der Waals surface area contributed by atoms with E-state index in [9.17, 15) is 4.39 Å². The van der Waals surface area contributed by atoms with Crippen molar-refractivity contribution in [2.45, 2.75) is 32.7 Å². The molecule has 0 amide bonds. The van der Waals surface area contributed by atoms with E-state index >= 15 is 0 Å². The number of hydrogen-bond acceptors (Lipinski definition) is 2. The first-order valence-electron chi connectivity index (χ1n) is 7.21. The van der Waals surface area contributed by atoms with E-state index in [4.69, 9.17) is 4.74 Å². The van der Waals surface area contributed by atoms with Crippen LogP contribution in [0.15, 0.2) is 42.5 Å². The highest BCUT2D eigenvalue weighted by Gasteiger charge is 2.08. The van der Waals surface area contributed by atoms with Crippen molar-refractivity contribution in [3.8, 4) is 5.75 Å². The topological polar surface area (TPSA) is 21.3 Å². The summed E-state index contributed by atoms with van der Waals surface area (Å²) in [5.74, 6) is 0.428. The summed E-state index contributed by atoms with van der Waals surface area (Å²) >= 11 is 0. The van der Waals surface area contributed by atoms with Crippen LogP contribution < -0.4 is 10.1 Å². The van der Waals surface area contributed by atoms with E-state index in [1.165, 1.54) is 24.3 Å². The Hall–Kier alpha value is -2.03. The van der Waals surface area contributed by atoms with Gasteiger partial charge in [-0.2, -0.15) is 0 Å². The summed E-state index contributed by atoms with van der Waals surface area (Å²) in [5.41, 5.74) is 3.24. The Morgan fingerprint density at radius 2 is 1.57 bits per heavy atom. The van der Waals surface area contributed by atoms with Crippen LogP contribution in [0, 0.1) is 5.82 Å². The average Bonchev–Trinajstić information content (AvgIpc) is 2.47.